The molecule has 0 aliphatic rings. The van der Waals surface area contributed by atoms with Gasteiger partial charge in [0.25, 0.3) is 0 Å². The van der Waals surface area contributed by atoms with Gasteiger partial charge in [-0.2, -0.15) is 0 Å². The molecule has 0 aromatic rings. The Morgan fingerprint density at radius 3 is 1.75 bits per heavy atom. The van der Waals surface area contributed by atoms with E-state index in [1.54, 1.807) is 0 Å². The number of unbranched alkanes of at least 4 members (excludes halogenated alkanes) is 10. The quantitative estimate of drug-likeness (QED) is 0.133. The molecule has 0 aliphatic heterocycles. The Labute approximate surface area is 159 Å². The first-order chi connectivity index (χ1) is 11.7. The van der Waals surface area contributed by atoms with E-state index in [1.165, 1.54) is 64.2 Å². The van der Waals surface area contributed by atoms with Crippen molar-refractivity contribution < 1.29 is 9.53 Å². The van der Waals surface area contributed by atoms with Crippen molar-refractivity contribution in [3.63, 3.8) is 0 Å². The zero-order valence-electron chi connectivity index (χ0n) is 16.3. The van der Waals surface area contributed by atoms with Crippen molar-refractivity contribution in [1.82, 2.24) is 0 Å². The number of esters is 1. The topological polar surface area (TPSA) is 26.3 Å². The third kappa shape index (κ3) is 16.8. The fourth-order valence-electron chi connectivity index (χ4n) is 3.00. The highest BCUT2D eigenvalue weighted by Crippen LogP contribution is 2.17. The summed E-state index contributed by atoms with van der Waals surface area (Å²) >= 11 is 3.43. The van der Waals surface area contributed by atoms with Crippen molar-refractivity contribution in [3.05, 3.63) is 0 Å². The van der Waals surface area contributed by atoms with Crippen LogP contribution in [0.5, 0.6) is 0 Å². The van der Waals surface area contributed by atoms with Gasteiger partial charge in [0, 0.05) is 11.8 Å². The molecule has 24 heavy (non-hydrogen) atoms. The molecule has 0 N–H and O–H groups in total. The molecule has 0 radical (unpaired) electrons. The lowest BCUT2D eigenvalue weighted by Crippen LogP contribution is -2.18. The minimum absolute atomic E-state index is 0.0247. The van der Waals surface area contributed by atoms with Crippen LogP contribution in [0.25, 0.3) is 0 Å². The molecule has 0 aromatic carbocycles. The van der Waals surface area contributed by atoms with Crippen LogP contribution < -0.4 is 0 Å². The summed E-state index contributed by atoms with van der Waals surface area (Å²) in [5, 5.41) is 1.03. The highest BCUT2D eigenvalue weighted by molar-refractivity contribution is 9.09. The van der Waals surface area contributed by atoms with E-state index in [1.807, 2.05) is 0 Å². The second kappa shape index (κ2) is 19.3. The highest BCUT2D eigenvalue weighted by Gasteiger charge is 2.14. The molecule has 0 saturated heterocycles. The van der Waals surface area contributed by atoms with Crippen LogP contribution in [0.3, 0.4) is 0 Å². The van der Waals surface area contributed by atoms with Gasteiger partial charge in [-0.05, 0) is 38.5 Å². The third-order valence-electron chi connectivity index (χ3n) is 4.57. The van der Waals surface area contributed by atoms with E-state index >= 15 is 0 Å². The summed E-state index contributed by atoms with van der Waals surface area (Å²) < 4.78 is 5.79. The molecule has 0 heterocycles. The minimum atomic E-state index is 0.0247. The maximum Gasteiger partial charge on any atom is 0.306 e. The zero-order chi connectivity index (χ0) is 17.9. The number of rotatable bonds is 18. The predicted molar refractivity (Wildman–Crippen MR) is 109 cm³/mol. The Morgan fingerprint density at radius 2 is 1.25 bits per heavy atom. The van der Waals surface area contributed by atoms with Crippen LogP contribution in [-0.4, -0.2) is 17.4 Å². The number of alkyl halides is 1. The van der Waals surface area contributed by atoms with Crippen LogP contribution in [0.15, 0.2) is 0 Å². The van der Waals surface area contributed by atoms with Gasteiger partial charge in [0.1, 0.15) is 6.10 Å². The van der Waals surface area contributed by atoms with Gasteiger partial charge in [-0.3, -0.25) is 4.79 Å². The molecular formula is C21H41BrO2. The van der Waals surface area contributed by atoms with Crippen LogP contribution in [0.1, 0.15) is 117 Å². The third-order valence-corrected chi connectivity index (χ3v) is 5.13. The summed E-state index contributed by atoms with van der Waals surface area (Å²) in [6.45, 7) is 4.49. The molecule has 3 heteroatoms. The van der Waals surface area contributed by atoms with Crippen LogP contribution >= 0.6 is 15.9 Å². The molecule has 0 saturated carbocycles. The monoisotopic (exact) mass is 404 g/mol. The SMILES string of the molecule is CCCCCCCC(CCCCCCC)OC(=O)CCCCCBr. The maximum absolute atomic E-state index is 12.1. The summed E-state index contributed by atoms with van der Waals surface area (Å²) in [5.74, 6) is 0.0247. The van der Waals surface area contributed by atoms with Crippen LogP contribution in [0, 0.1) is 0 Å². The molecule has 2 nitrogen and oxygen atoms in total. The van der Waals surface area contributed by atoms with E-state index in [0.29, 0.717) is 6.42 Å². The molecule has 0 bridgehead atoms. The molecule has 0 rings (SSSR count). The number of hydrogen-bond donors (Lipinski definition) is 0. The van der Waals surface area contributed by atoms with Crippen LogP contribution in [0.4, 0.5) is 0 Å². The molecule has 0 aliphatic carbocycles. The van der Waals surface area contributed by atoms with Crippen molar-refractivity contribution >= 4 is 21.9 Å². The molecule has 0 aromatic heterocycles. The average Bonchev–Trinajstić information content (AvgIpc) is 2.58. The number of carbonyl (C=O) groups excluding carboxylic acids is 1. The first kappa shape index (κ1) is 23.9. The van der Waals surface area contributed by atoms with Gasteiger partial charge in [0.2, 0.25) is 0 Å². The normalized spacial score (nSPS) is 11.2. The molecule has 0 fully saturated rings. The molecule has 144 valence electrons. The van der Waals surface area contributed by atoms with Gasteiger partial charge in [-0.1, -0.05) is 87.6 Å². The minimum Gasteiger partial charge on any atom is -0.462 e. The lowest BCUT2D eigenvalue weighted by atomic mass is 10.0. The van der Waals surface area contributed by atoms with Crippen LogP contribution in [-0.2, 0) is 9.53 Å². The van der Waals surface area contributed by atoms with Gasteiger partial charge in [0.05, 0.1) is 0 Å². The number of halogens is 1. The van der Waals surface area contributed by atoms with Gasteiger partial charge in [-0.15, -0.1) is 0 Å². The zero-order valence-corrected chi connectivity index (χ0v) is 17.9. The van der Waals surface area contributed by atoms with Gasteiger partial charge < -0.3 is 4.74 Å². The average molecular weight is 405 g/mol. The van der Waals surface area contributed by atoms with E-state index in [9.17, 15) is 4.79 Å². The van der Waals surface area contributed by atoms with Crippen LogP contribution in [0.2, 0.25) is 0 Å². The standard InChI is InChI=1S/C21H41BrO2/c1-3-5-7-9-12-16-20(17-13-10-8-6-4-2)24-21(23)18-14-11-15-19-22/h20H,3-19H2,1-2H3. The number of ether oxygens (including phenoxy) is 1. The molecule has 0 spiro atoms. The fourth-order valence-corrected chi connectivity index (χ4v) is 3.40. The maximum atomic E-state index is 12.1. The summed E-state index contributed by atoms with van der Waals surface area (Å²) in [6.07, 6.45) is 18.9. The lowest BCUT2D eigenvalue weighted by Gasteiger charge is -2.18. The smallest absolute Gasteiger partial charge is 0.306 e. The Morgan fingerprint density at radius 1 is 0.750 bits per heavy atom. The first-order valence-corrected chi connectivity index (χ1v) is 11.6. The van der Waals surface area contributed by atoms with Gasteiger partial charge in [-0.25, -0.2) is 0 Å². The predicted octanol–water partition coefficient (Wildman–Crippen LogP) is 7.57. The molecule has 0 amide bonds. The summed E-state index contributed by atoms with van der Waals surface area (Å²) in [4.78, 5) is 12.1. The summed E-state index contributed by atoms with van der Waals surface area (Å²) in [6, 6.07) is 0. The fraction of sp³-hybridized carbons (Fsp3) is 0.952. The Bertz CT molecular complexity index is 255. The second-order valence-electron chi connectivity index (χ2n) is 7.02. The second-order valence-corrected chi connectivity index (χ2v) is 7.81. The highest BCUT2D eigenvalue weighted by atomic mass is 79.9. The van der Waals surface area contributed by atoms with E-state index in [-0.39, 0.29) is 12.1 Å². The van der Waals surface area contributed by atoms with E-state index in [4.69, 9.17) is 4.74 Å². The largest absolute Gasteiger partial charge is 0.462 e. The van der Waals surface area contributed by atoms with E-state index in [2.05, 4.69) is 29.8 Å². The Hall–Kier alpha value is -0.0500. The van der Waals surface area contributed by atoms with Gasteiger partial charge in [0.15, 0.2) is 0 Å². The van der Waals surface area contributed by atoms with E-state index < -0.39 is 0 Å². The first-order valence-electron chi connectivity index (χ1n) is 10.5. The van der Waals surface area contributed by atoms with E-state index in [0.717, 1.165) is 37.4 Å². The van der Waals surface area contributed by atoms with Crippen molar-refractivity contribution in [2.45, 2.75) is 123 Å². The molecular weight excluding hydrogens is 364 g/mol. The van der Waals surface area contributed by atoms with Crippen molar-refractivity contribution in [3.8, 4) is 0 Å². The lowest BCUT2D eigenvalue weighted by molar-refractivity contribution is -0.150. The Kier molecular flexibility index (Phi) is 19.2. The number of carbonyl (C=O) groups is 1. The van der Waals surface area contributed by atoms with Crippen molar-refractivity contribution in [1.29, 1.82) is 0 Å². The summed E-state index contributed by atoms with van der Waals surface area (Å²) in [5.41, 5.74) is 0. The molecule has 0 unspecified atom stereocenters. The Balaban J connectivity index is 3.97. The summed E-state index contributed by atoms with van der Waals surface area (Å²) in [7, 11) is 0. The van der Waals surface area contributed by atoms with Gasteiger partial charge >= 0.3 is 5.97 Å². The van der Waals surface area contributed by atoms with Crippen molar-refractivity contribution in [2.24, 2.45) is 0 Å². The van der Waals surface area contributed by atoms with Crippen molar-refractivity contribution in [2.75, 3.05) is 5.33 Å². The number of hydrogen-bond acceptors (Lipinski definition) is 2. The molecule has 0 atom stereocenters.